The normalized spacial score (nSPS) is 27.1. The quantitative estimate of drug-likeness (QED) is 0.207. The van der Waals surface area contributed by atoms with E-state index in [0.29, 0.717) is 17.7 Å². The first-order valence-corrected chi connectivity index (χ1v) is 13.6. The molecule has 1 heterocycles. The summed E-state index contributed by atoms with van der Waals surface area (Å²) in [6.07, 6.45) is 3.52. The summed E-state index contributed by atoms with van der Waals surface area (Å²) in [5.74, 6) is -5.30. The van der Waals surface area contributed by atoms with Gasteiger partial charge in [0.25, 0.3) is 0 Å². The summed E-state index contributed by atoms with van der Waals surface area (Å²) in [6.45, 7) is 0. The molecule has 4 atom stereocenters. The van der Waals surface area contributed by atoms with E-state index in [4.69, 9.17) is 0 Å². The van der Waals surface area contributed by atoms with Crippen LogP contribution in [0, 0.1) is 27.1 Å². The first-order valence-electron chi connectivity index (χ1n) is 11.7. The average Bonchev–Trinajstić information content (AvgIpc) is 3.13. The summed E-state index contributed by atoms with van der Waals surface area (Å²) in [5.41, 5.74) is 2.15. The molecule has 9 heteroatoms. The molecule has 1 aliphatic heterocycles. The Bertz CT molecular complexity index is 1530. The standard InChI is InChI=1S/C28H18BrFINO5/c29-19-11-22(34)25-18(26(19)35)10-17-15(23(25)12-1-8-21(33)20(30)9-12)6-7-16-24(17)28(37)32(27(16)36)14-4-2-13(31)3-5-14/h1-6,8-9,11,16-17,23-24,33H,7,10H2/t16-,17+,23-,24-/m0/s1. The third-order valence-electron chi connectivity index (χ3n) is 7.72. The molecule has 2 aromatic rings. The lowest BCUT2D eigenvalue weighted by molar-refractivity contribution is -0.123. The van der Waals surface area contributed by atoms with Crippen LogP contribution in [-0.2, 0) is 19.2 Å². The van der Waals surface area contributed by atoms with Gasteiger partial charge in [-0.2, -0.15) is 0 Å². The van der Waals surface area contributed by atoms with Gasteiger partial charge < -0.3 is 5.11 Å². The molecule has 37 heavy (non-hydrogen) atoms. The number of carbonyl (C=O) groups is 4. The van der Waals surface area contributed by atoms with E-state index in [-0.39, 0.29) is 45.4 Å². The molecule has 2 aromatic carbocycles. The molecule has 1 saturated heterocycles. The van der Waals surface area contributed by atoms with Gasteiger partial charge in [-0.1, -0.05) is 17.7 Å². The number of nitrogens with zero attached hydrogens (tertiary/aromatic N) is 1. The van der Waals surface area contributed by atoms with Gasteiger partial charge >= 0.3 is 0 Å². The number of allylic oxidation sites excluding steroid dienone is 6. The zero-order valence-electron chi connectivity index (χ0n) is 19.1. The van der Waals surface area contributed by atoms with Crippen LogP contribution < -0.4 is 4.90 Å². The summed E-state index contributed by atoms with van der Waals surface area (Å²) in [4.78, 5) is 54.9. The number of hydrogen-bond acceptors (Lipinski definition) is 5. The van der Waals surface area contributed by atoms with Crippen LogP contribution in [0.1, 0.15) is 24.3 Å². The van der Waals surface area contributed by atoms with Crippen molar-refractivity contribution in [3.05, 3.63) is 90.8 Å². The van der Waals surface area contributed by atoms with Gasteiger partial charge in [-0.3, -0.25) is 24.1 Å². The molecule has 0 saturated carbocycles. The highest BCUT2D eigenvalue weighted by Crippen LogP contribution is 2.55. The summed E-state index contributed by atoms with van der Waals surface area (Å²) in [5, 5.41) is 9.75. The van der Waals surface area contributed by atoms with Gasteiger partial charge in [-0.15, -0.1) is 0 Å². The number of carbonyl (C=O) groups excluding carboxylic acids is 4. The third-order valence-corrected chi connectivity index (χ3v) is 9.03. The predicted molar refractivity (Wildman–Crippen MR) is 144 cm³/mol. The lowest BCUT2D eigenvalue weighted by atomic mass is 9.59. The van der Waals surface area contributed by atoms with Crippen molar-refractivity contribution in [1.82, 2.24) is 0 Å². The Labute approximate surface area is 233 Å². The van der Waals surface area contributed by atoms with Crippen molar-refractivity contribution < 1.29 is 28.7 Å². The Morgan fingerprint density at radius 3 is 2.43 bits per heavy atom. The maximum absolute atomic E-state index is 14.5. The van der Waals surface area contributed by atoms with E-state index in [0.717, 1.165) is 15.2 Å². The maximum Gasteiger partial charge on any atom is 0.238 e. The topological polar surface area (TPSA) is 91.8 Å². The van der Waals surface area contributed by atoms with Crippen molar-refractivity contribution >= 4 is 67.6 Å². The Kier molecular flexibility index (Phi) is 5.83. The number of Topliss-reactive ketones (excluding diaryl/α,β-unsaturated/α-hetero) is 1. The van der Waals surface area contributed by atoms with Crippen molar-refractivity contribution in [1.29, 1.82) is 0 Å². The molecule has 0 radical (unpaired) electrons. The fourth-order valence-electron chi connectivity index (χ4n) is 6.13. The minimum Gasteiger partial charge on any atom is -0.505 e. The van der Waals surface area contributed by atoms with E-state index >= 15 is 0 Å². The Balaban J connectivity index is 1.49. The molecule has 0 bridgehead atoms. The summed E-state index contributed by atoms with van der Waals surface area (Å²) in [7, 11) is 0. The number of fused-ring (bicyclic) bond motifs is 3. The zero-order chi connectivity index (χ0) is 26.2. The van der Waals surface area contributed by atoms with Gasteiger partial charge in [-0.25, -0.2) is 4.39 Å². The van der Waals surface area contributed by atoms with Crippen LogP contribution in [0.15, 0.2) is 75.8 Å². The number of rotatable bonds is 2. The average molecular weight is 674 g/mol. The van der Waals surface area contributed by atoms with E-state index in [2.05, 4.69) is 38.5 Å². The van der Waals surface area contributed by atoms with Gasteiger partial charge in [0.2, 0.25) is 11.8 Å². The molecular weight excluding hydrogens is 656 g/mol. The van der Waals surface area contributed by atoms with Crippen LogP contribution >= 0.6 is 38.5 Å². The highest BCUT2D eigenvalue weighted by atomic mass is 127. The van der Waals surface area contributed by atoms with Crippen LogP contribution in [0.25, 0.3) is 0 Å². The highest BCUT2D eigenvalue weighted by molar-refractivity contribution is 14.1. The van der Waals surface area contributed by atoms with Crippen molar-refractivity contribution in [2.24, 2.45) is 17.8 Å². The van der Waals surface area contributed by atoms with Crippen molar-refractivity contribution in [3.63, 3.8) is 0 Å². The Morgan fingerprint density at radius 1 is 1.00 bits per heavy atom. The van der Waals surface area contributed by atoms with Gasteiger partial charge in [0.1, 0.15) is 0 Å². The van der Waals surface area contributed by atoms with Gasteiger partial charge in [0.15, 0.2) is 23.1 Å². The number of ketones is 2. The van der Waals surface area contributed by atoms with Crippen LogP contribution in [0.4, 0.5) is 10.1 Å². The fourth-order valence-corrected chi connectivity index (χ4v) is 6.94. The number of phenolic OH excluding ortho intramolecular Hbond substituents is 1. The second-order valence-electron chi connectivity index (χ2n) is 9.59. The zero-order valence-corrected chi connectivity index (χ0v) is 22.8. The summed E-state index contributed by atoms with van der Waals surface area (Å²) in [6, 6.07) is 11.0. The number of phenols is 1. The van der Waals surface area contributed by atoms with Crippen molar-refractivity contribution in [2.75, 3.05) is 4.90 Å². The first-order chi connectivity index (χ1) is 17.7. The molecule has 4 aliphatic rings. The molecule has 186 valence electrons. The Morgan fingerprint density at radius 2 is 1.73 bits per heavy atom. The van der Waals surface area contributed by atoms with E-state index in [9.17, 15) is 28.7 Å². The van der Waals surface area contributed by atoms with E-state index in [1.165, 1.54) is 23.1 Å². The van der Waals surface area contributed by atoms with Crippen LogP contribution in [-0.4, -0.2) is 28.5 Å². The minimum atomic E-state index is -0.848. The molecule has 1 N–H and O–H groups in total. The molecule has 6 nitrogen and oxygen atoms in total. The van der Waals surface area contributed by atoms with Gasteiger partial charge in [-0.05, 0) is 99.2 Å². The number of hydrogen-bond donors (Lipinski definition) is 1. The van der Waals surface area contributed by atoms with Crippen LogP contribution in [0.3, 0.4) is 0 Å². The minimum absolute atomic E-state index is 0.126. The fraction of sp³-hybridized carbons (Fsp3) is 0.214. The maximum atomic E-state index is 14.5. The van der Waals surface area contributed by atoms with Gasteiger partial charge in [0.05, 0.1) is 22.0 Å². The van der Waals surface area contributed by atoms with E-state index in [1.807, 2.05) is 18.2 Å². The molecule has 2 amide bonds. The van der Waals surface area contributed by atoms with Crippen molar-refractivity contribution in [2.45, 2.75) is 18.8 Å². The largest absolute Gasteiger partial charge is 0.505 e. The molecule has 1 fully saturated rings. The molecule has 0 unspecified atom stereocenters. The molecule has 3 aliphatic carbocycles. The summed E-state index contributed by atoms with van der Waals surface area (Å²) >= 11 is 5.33. The number of halogens is 3. The monoisotopic (exact) mass is 673 g/mol. The van der Waals surface area contributed by atoms with E-state index < -0.39 is 35.2 Å². The second kappa shape index (κ2) is 8.83. The third kappa shape index (κ3) is 3.69. The number of anilines is 1. The highest BCUT2D eigenvalue weighted by Gasteiger charge is 2.56. The second-order valence-corrected chi connectivity index (χ2v) is 11.7. The molecule has 6 rings (SSSR count). The van der Waals surface area contributed by atoms with Crippen LogP contribution in [0.5, 0.6) is 5.75 Å². The number of imide groups is 1. The smallest absolute Gasteiger partial charge is 0.238 e. The number of benzene rings is 2. The van der Waals surface area contributed by atoms with Crippen LogP contribution in [0.2, 0.25) is 0 Å². The lowest BCUT2D eigenvalue weighted by Gasteiger charge is -2.42. The number of amides is 2. The number of aromatic hydroxyl groups is 1. The SMILES string of the molecule is O=C1C=C(Br)C(=O)C2=C1[C@@H](c1ccc(O)c(F)c1)C1=CC[C@@H]3C(=O)N(c4ccc(I)cc4)C(=O)[C@@H]3[C@@H]1C2. The van der Waals surface area contributed by atoms with Gasteiger partial charge in [0, 0.05) is 26.7 Å². The molecular formula is C28H18BrFINO5. The first kappa shape index (κ1) is 24.4. The van der Waals surface area contributed by atoms with Crippen molar-refractivity contribution in [3.8, 4) is 5.75 Å². The molecule has 0 spiro atoms. The predicted octanol–water partition coefficient (Wildman–Crippen LogP) is 5.10. The summed E-state index contributed by atoms with van der Waals surface area (Å²) < 4.78 is 15.5. The lowest BCUT2D eigenvalue weighted by Crippen LogP contribution is -2.39. The Hall–Kier alpha value is -2.92. The van der Waals surface area contributed by atoms with E-state index in [1.54, 1.807) is 12.1 Å². The molecule has 0 aromatic heterocycles.